The number of hydrogen-bond donors (Lipinski definition) is 2. The zero-order chi connectivity index (χ0) is 13.1. The van der Waals surface area contributed by atoms with Crippen LogP contribution in [0.4, 0.5) is 10.8 Å². The van der Waals surface area contributed by atoms with Crippen molar-refractivity contribution in [1.29, 1.82) is 0 Å². The molecule has 0 spiro atoms. The maximum absolute atomic E-state index is 11.9. The molecule has 0 atom stereocenters. The molecule has 2 aromatic rings. The Kier molecular flexibility index (Phi) is 4.51. The number of anilines is 2. The van der Waals surface area contributed by atoms with E-state index in [-0.39, 0.29) is 5.91 Å². The second-order valence-corrected chi connectivity index (χ2v) is 6.24. The van der Waals surface area contributed by atoms with Crippen LogP contribution in [0.5, 0.6) is 0 Å². The molecule has 1 heterocycles. The first-order valence-electron chi connectivity index (χ1n) is 4.88. The molecule has 0 radical (unpaired) electrons. The Morgan fingerprint density at radius 2 is 2.22 bits per heavy atom. The van der Waals surface area contributed by atoms with Gasteiger partial charge in [0.15, 0.2) is 0 Å². The van der Waals surface area contributed by atoms with Gasteiger partial charge in [0.2, 0.25) is 10.1 Å². The molecule has 0 saturated carbocycles. The average Bonchev–Trinajstić information content (AvgIpc) is 2.82. The van der Waals surface area contributed by atoms with E-state index < -0.39 is 0 Å². The minimum Gasteiger partial charge on any atom is -0.363 e. The fraction of sp³-hybridized carbons (Fsp3) is 0.100. The molecule has 1 aromatic carbocycles. The third kappa shape index (κ3) is 3.18. The van der Waals surface area contributed by atoms with E-state index in [1.807, 2.05) is 18.2 Å². The number of nitrogens with zero attached hydrogens (tertiary/aromatic N) is 2. The molecule has 0 unspecified atom stereocenters. The molecule has 18 heavy (non-hydrogen) atoms. The van der Waals surface area contributed by atoms with Crippen LogP contribution >= 0.6 is 49.9 Å². The summed E-state index contributed by atoms with van der Waals surface area (Å²) in [6, 6.07) is 5.60. The van der Waals surface area contributed by atoms with Crippen molar-refractivity contribution in [2.45, 2.75) is 0 Å². The van der Waals surface area contributed by atoms with Gasteiger partial charge in [0, 0.05) is 20.8 Å². The van der Waals surface area contributed by atoms with Gasteiger partial charge in [-0.1, -0.05) is 11.3 Å². The molecule has 94 valence electrons. The number of carbonyl (C=O) groups excluding carboxylic acids is 1. The van der Waals surface area contributed by atoms with E-state index in [0.717, 1.165) is 8.04 Å². The van der Waals surface area contributed by atoms with Crippen molar-refractivity contribution in [3.05, 3.63) is 31.2 Å². The summed E-state index contributed by atoms with van der Waals surface area (Å²) >= 11 is 6.83. The Bertz CT molecular complexity index is 589. The van der Waals surface area contributed by atoms with Gasteiger partial charge in [-0.15, -0.1) is 10.2 Å². The molecule has 2 rings (SSSR count). The Morgan fingerprint density at radius 1 is 1.44 bits per heavy atom. The van der Waals surface area contributed by atoms with Crippen molar-refractivity contribution in [3.8, 4) is 0 Å². The zero-order valence-corrected chi connectivity index (χ0v) is 13.8. The SMILES string of the molecule is CNc1nnc(C(=O)Nc2ccc(I)c(Br)c2)s1. The molecule has 1 aromatic heterocycles. The first kappa shape index (κ1) is 13.7. The first-order valence-corrected chi connectivity index (χ1v) is 7.56. The van der Waals surface area contributed by atoms with Gasteiger partial charge in [0.05, 0.1) is 0 Å². The highest BCUT2D eigenvalue weighted by atomic mass is 127. The van der Waals surface area contributed by atoms with Gasteiger partial charge in [-0.05, 0) is 56.7 Å². The first-order chi connectivity index (χ1) is 8.60. The maximum atomic E-state index is 11.9. The molecule has 5 nitrogen and oxygen atoms in total. The highest BCUT2D eigenvalue weighted by molar-refractivity contribution is 14.1. The normalized spacial score (nSPS) is 10.2. The second kappa shape index (κ2) is 5.93. The van der Waals surface area contributed by atoms with Crippen LogP contribution in [-0.2, 0) is 0 Å². The second-order valence-electron chi connectivity index (χ2n) is 3.25. The van der Waals surface area contributed by atoms with Crippen LogP contribution in [-0.4, -0.2) is 23.2 Å². The van der Waals surface area contributed by atoms with Gasteiger partial charge in [-0.25, -0.2) is 0 Å². The number of amides is 1. The van der Waals surface area contributed by atoms with Crippen molar-refractivity contribution >= 4 is 66.6 Å². The predicted octanol–water partition coefficient (Wildman–Crippen LogP) is 3.20. The molecule has 1 amide bonds. The molecule has 0 aliphatic carbocycles. The zero-order valence-electron chi connectivity index (χ0n) is 9.20. The van der Waals surface area contributed by atoms with Gasteiger partial charge in [0.25, 0.3) is 5.91 Å². The smallest absolute Gasteiger partial charge is 0.286 e. The van der Waals surface area contributed by atoms with Crippen molar-refractivity contribution in [1.82, 2.24) is 10.2 Å². The molecular formula is C10H8BrIN4OS. The van der Waals surface area contributed by atoms with Crippen molar-refractivity contribution in [2.75, 3.05) is 17.7 Å². The van der Waals surface area contributed by atoms with Crippen LogP contribution in [0, 0.1) is 3.57 Å². The van der Waals surface area contributed by atoms with Gasteiger partial charge < -0.3 is 10.6 Å². The topological polar surface area (TPSA) is 66.9 Å². The highest BCUT2D eigenvalue weighted by Crippen LogP contribution is 2.23. The third-order valence-electron chi connectivity index (χ3n) is 2.01. The van der Waals surface area contributed by atoms with E-state index in [1.54, 1.807) is 7.05 Å². The summed E-state index contributed by atoms with van der Waals surface area (Å²) in [7, 11) is 1.73. The molecule has 2 N–H and O–H groups in total. The molecule has 0 bridgehead atoms. The number of benzene rings is 1. The van der Waals surface area contributed by atoms with Gasteiger partial charge in [0.1, 0.15) is 0 Å². The monoisotopic (exact) mass is 438 g/mol. The number of aromatic nitrogens is 2. The number of rotatable bonds is 3. The number of carbonyl (C=O) groups is 1. The van der Waals surface area contributed by atoms with Crippen molar-refractivity contribution in [3.63, 3.8) is 0 Å². The molecular weight excluding hydrogens is 431 g/mol. The van der Waals surface area contributed by atoms with Gasteiger partial charge in [-0.2, -0.15) is 0 Å². The largest absolute Gasteiger partial charge is 0.363 e. The molecule has 0 aliphatic heterocycles. The minimum atomic E-state index is -0.262. The number of halogens is 2. The highest BCUT2D eigenvalue weighted by Gasteiger charge is 2.12. The fourth-order valence-corrected chi connectivity index (χ4v) is 2.48. The van der Waals surface area contributed by atoms with Crippen LogP contribution in [0.25, 0.3) is 0 Å². The third-order valence-corrected chi connectivity index (χ3v) is 5.29. The van der Waals surface area contributed by atoms with E-state index in [2.05, 4.69) is 59.4 Å². The van der Waals surface area contributed by atoms with Gasteiger partial charge in [-0.3, -0.25) is 4.79 Å². The maximum Gasteiger partial charge on any atom is 0.286 e. The molecule has 0 aliphatic rings. The predicted molar refractivity (Wildman–Crippen MR) is 84.3 cm³/mol. The Balaban J connectivity index is 2.13. The summed E-state index contributed by atoms with van der Waals surface area (Å²) in [5, 5.41) is 14.2. The van der Waals surface area contributed by atoms with Crippen LogP contribution < -0.4 is 10.6 Å². The standard InChI is InChI=1S/C10H8BrIN4OS/c1-13-10-16-15-9(18-10)8(17)14-5-2-3-7(12)6(11)4-5/h2-4H,1H3,(H,13,16)(H,14,17). The quantitative estimate of drug-likeness (QED) is 0.722. The van der Waals surface area contributed by atoms with Crippen LogP contribution in [0.1, 0.15) is 9.80 Å². The summed E-state index contributed by atoms with van der Waals surface area (Å²) in [4.78, 5) is 11.9. The van der Waals surface area contributed by atoms with E-state index in [1.165, 1.54) is 11.3 Å². The Labute approximate surface area is 130 Å². The molecule has 8 heteroatoms. The summed E-state index contributed by atoms with van der Waals surface area (Å²) < 4.78 is 2.02. The summed E-state index contributed by atoms with van der Waals surface area (Å²) in [6.45, 7) is 0. The van der Waals surface area contributed by atoms with E-state index in [0.29, 0.717) is 15.8 Å². The minimum absolute atomic E-state index is 0.262. The van der Waals surface area contributed by atoms with Crippen LogP contribution in [0.15, 0.2) is 22.7 Å². The lowest BCUT2D eigenvalue weighted by Gasteiger charge is -2.04. The van der Waals surface area contributed by atoms with E-state index >= 15 is 0 Å². The average molecular weight is 439 g/mol. The summed E-state index contributed by atoms with van der Waals surface area (Å²) in [5.74, 6) is -0.262. The Morgan fingerprint density at radius 3 is 2.83 bits per heavy atom. The van der Waals surface area contributed by atoms with E-state index in [9.17, 15) is 4.79 Å². The fourth-order valence-electron chi connectivity index (χ4n) is 1.17. The molecule has 0 saturated heterocycles. The van der Waals surface area contributed by atoms with Gasteiger partial charge >= 0.3 is 0 Å². The van der Waals surface area contributed by atoms with Crippen LogP contribution in [0.3, 0.4) is 0 Å². The number of hydrogen-bond acceptors (Lipinski definition) is 5. The lowest BCUT2D eigenvalue weighted by molar-refractivity contribution is 0.102. The lowest BCUT2D eigenvalue weighted by atomic mass is 10.3. The molecule has 0 fully saturated rings. The number of nitrogens with one attached hydrogen (secondary N) is 2. The van der Waals surface area contributed by atoms with Crippen LogP contribution in [0.2, 0.25) is 0 Å². The summed E-state index contributed by atoms with van der Waals surface area (Å²) in [5.41, 5.74) is 0.716. The summed E-state index contributed by atoms with van der Waals surface area (Å²) in [6.07, 6.45) is 0. The van der Waals surface area contributed by atoms with E-state index in [4.69, 9.17) is 0 Å². The Hall–Kier alpha value is -0.740. The van der Waals surface area contributed by atoms with Crippen molar-refractivity contribution < 1.29 is 4.79 Å². The van der Waals surface area contributed by atoms with Crippen molar-refractivity contribution in [2.24, 2.45) is 0 Å². The lowest BCUT2D eigenvalue weighted by Crippen LogP contribution is -2.11.